The Morgan fingerprint density at radius 3 is 1.95 bits per heavy atom. The first-order valence-electron chi connectivity index (χ1n) is 7.43. The molecule has 0 aliphatic rings. The zero-order chi connectivity index (χ0) is 15.8. The number of benzene rings is 2. The summed E-state index contributed by atoms with van der Waals surface area (Å²) in [6.45, 7) is -0.112. The number of nitrogens with two attached hydrogens (primary N) is 1. The highest BCUT2D eigenvalue weighted by Crippen LogP contribution is 2.05. The van der Waals surface area contributed by atoms with Crippen molar-refractivity contribution in [2.75, 3.05) is 6.61 Å². The topological polar surface area (TPSA) is 75.4 Å². The molecule has 22 heavy (non-hydrogen) atoms. The van der Waals surface area contributed by atoms with E-state index in [0.29, 0.717) is 12.8 Å². The average molecular weight is 298 g/mol. The number of amides is 1. The normalized spacial score (nSPS) is 13.4. The zero-order valence-corrected chi connectivity index (χ0v) is 12.5. The quantitative estimate of drug-likeness (QED) is 0.721. The Morgan fingerprint density at radius 2 is 1.45 bits per heavy atom. The maximum atomic E-state index is 12.2. The molecular weight excluding hydrogens is 276 g/mol. The number of aliphatic hydroxyl groups is 1. The van der Waals surface area contributed by atoms with Gasteiger partial charge < -0.3 is 16.2 Å². The number of hydrogen-bond acceptors (Lipinski definition) is 3. The fourth-order valence-electron chi connectivity index (χ4n) is 2.33. The third kappa shape index (κ3) is 4.98. The standard InChI is InChI=1S/C18H22N2O2/c19-17(12-15-9-5-2-6-10-15)18(22)20-16(13-21)11-14-7-3-1-4-8-14/h1-10,16-17,21H,11-13,19H2,(H,20,22). The van der Waals surface area contributed by atoms with Crippen molar-refractivity contribution < 1.29 is 9.90 Å². The van der Waals surface area contributed by atoms with Crippen molar-refractivity contribution >= 4 is 5.91 Å². The van der Waals surface area contributed by atoms with Gasteiger partial charge in [-0.05, 0) is 24.0 Å². The van der Waals surface area contributed by atoms with Crippen molar-refractivity contribution in [2.24, 2.45) is 5.73 Å². The van der Waals surface area contributed by atoms with Crippen molar-refractivity contribution in [2.45, 2.75) is 24.9 Å². The minimum atomic E-state index is -0.618. The van der Waals surface area contributed by atoms with Crippen LogP contribution in [0.1, 0.15) is 11.1 Å². The average Bonchev–Trinajstić information content (AvgIpc) is 2.56. The lowest BCUT2D eigenvalue weighted by molar-refractivity contribution is -0.123. The molecule has 2 aromatic carbocycles. The summed E-state index contributed by atoms with van der Waals surface area (Å²) in [7, 11) is 0. The van der Waals surface area contributed by atoms with Crippen LogP contribution in [0, 0.1) is 0 Å². The molecular formula is C18H22N2O2. The molecule has 4 nitrogen and oxygen atoms in total. The van der Waals surface area contributed by atoms with Crippen LogP contribution >= 0.6 is 0 Å². The summed E-state index contributed by atoms with van der Waals surface area (Å²) in [6, 6.07) is 18.5. The molecule has 0 aliphatic carbocycles. The first-order valence-corrected chi connectivity index (χ1v) is 7.43. The smallest absolute Gasteiger partial charge is 0.237 e. The summed E-state index contributed by atoms with van der Waals surface area (Å²) in [4.78, 5) is 12.2. The van der Waals surface area contributed by atoms with Gasteiger partial charge in [-0.1, -0.05) is 60.7 Å². The Balaban J connectivity index is 1.88. The van der Waals surface area contributed by atoms with E-state index >= 15 is 0 Å². The van der Waals surface area contributed by atoms with E-state index in [1.807, 2.05) is 60.7 Å². The molecule has 2 rings (SSSR count). The molecule has 0 bridgehead atoms. The highest BCUT2D eigenvalue weighted by Gasteiger charge is 2.18. The van der Waals surface area contributed by atoms with Crippen LogP contribution < -0.4 is 11.1 Å². The van der Waals surface area contributed by atoms with Crippen LogP contribution in [-0.2, 0) is 17.6 Å². The van der Waals surface area contributed by atoms with Crippen molar-refractivity contribution in [3.8, 4) is 0 Å². The number of aliphatic hydroxyl groups excluding tert-OH is 1. The number of hydrogen-bond donors (Lipinski definition) is 3. The lowest BCUT2D eigenvalue weighted by Crippen LogP contribution is -2.48. The van der Waals surface area contributed by atoms with Gasteiger partial charge in [0.1, 0.15) is 0 Å². The van der Waals surface area contributed by atoms with E-state index in [0.717, 1.165) is 11.1 Å². The zero-order valence-electron chi connectivity index (χ0n) is 12.5. The maximum Gasteiger partial charge on any atom is 0.237 e. The van der Waals surface area contributed by atoms with Gasteiger partial charge in [-0.3, -0.25) is 4.79 Å². The summed E-state index contributed by atoms with van der Waals surface area (Å²) in [5.74, 6) is -0.237. The first kappa shape index (κ1) is 16.2. The van der Waals surface area contributed by atoms with Crippen LogP contribution in [0.3, 0.4) is 0 Å². The van der Waals surface area contributed by atoms with Gasteiger partial charge in [0.15, 0.2) is 0 Å². The highest BCUT2D eigenvalue weighted by molar-refractivity contribution is 5.82. The van der Waals surface area contributed by atoms with Gasteiger partial charge in [0.2, 0.25) is 5.91 Å². The van der Waals surface area contributed by atoms with E-state index < -0.39 is 6.04 Å². The van der Waals surface area contributed by atoms with E-state index in [-0.39, 0.29) is 18.6 Å². The van der Waals surface area contributed by atoms with Gasteiger partial charge in [-0.15, -0.1) is 0 Å². The summed E-state index contributed by atoms with van der Waals surface area (Å²) < 4.78 is 0. The largest absolute Gasteiger partial charge is 0.394 e. The number of carbonyl (C=O) groups excluding carboxylic acids is 1. The molecule has 2 atom stereocenters. The van der Waals surface area contributed by atoms with Crippen LogP contribution in [0.25, 0.3) is 0 Å². The second-order valence-electron chi connectivity index (χ2n) is 5.37. The second kappa shape index (κ2) is 8.32. The molecule has 0 aliphatic heterocycles. The van der Waals surface area contributed by atoms with E-state index in [4.69, 9.17) is 5.73 Å². The molecule has 0 heterocycles. The Morgan fingerprint density at radius 1 is 0.955 bits per heavy atom. The van der Waals surface area contributed by atoms with E-state index in [9.17, 15) is 9.90 Å². The number of nitrogens with one attached hydrogen (secondary N) is 1. The van der Waals surface area contributed by atoms with Crippen molar-refractivity contribution in [1.29, 1.82) is 0 Å². The molecule has 0 spiro atoms. The second-order valence-corrected chi connectivity index (χ2v) is 5.37. The summed E-state index contributed by atoms with van der Waals surface area (Å²) in [6.07, 6.45) is 1.07. The van der Waals surface area contributed by atoms with Gasteiger partial charge >= 0.3 is 0 Å². The summed E-state index contributed by atoms with van der Waals surface area (Å²) in [5, 5.41) is 12.3. The van der Waals surface area contributed by atoms with E-state index in [1.165, 1.54) is 0 Å². The molecule has 2 aromatic rings. The minimum absolute atomic E-state index is 0.112. The third-order valence-electron chi connectivity index (χ3n) is 3.53. The Hall–Kier alpha value is -2.17. The Kier molecular flexibility index (Phi) is 6.13. The van der Waals surface area contributed by atoms with Crippen molar-refractivity contribution in [3.63, 3.8) is 0 Å². The van der Waals surface area contributed by atoms with Gasteiger partial charge in [-0.2, -0.15) is 0 Å². The van der Waals surface area contributed by atoms with Gasteiger partial charge in [0, 0.05) is 0 Å². The minimum Gasteiger partial charge on any atom is -0.394 e. The molecule has 116 valence electrons. The lowest BCUT2D eigenvalue weighted by atomic mass is 10.0. The molecule has 2 unspecified atom stereocenters. The van der Waals surface area contributed by atoms with Crippen LogP contribution in [0.2, 0.25) is 0 Å². The van der Waals surface area contributed by atoms with Crippen LogP contribution in [0.5, 0.6) is 0 Å². The molecule has 0 saturated carbocycles. The van der Waals surface area contributed by atoms with Gasteiger partial charge in [0.25, 0.3) is 0 Å². The molecule has 0 saturated heterocycles. The first-order chi connectivity index (χ1) is 10.7. The fourth-order valence-corrected chi connectivity index (χ4v) is 2.33. The van der Waals surface area contributed by atoms with Gasteiger partial charge in [-0.25, -0.2) is 0 Å². The SMILES string of the molecule is NC(Cc1ccccc1)C(=O)NC(CO)Cc1ccccc1. The van der Waals surface area contributed by atoms with E-state index in [2.05, 4.69) is 5.32 Å². The molecule has 0 aromatic heterocycles. The fraction of sp³-hybridized carbons (Fsp3) is 0.278. The molecule has 1 amide bonds. The predicted octanol–water partition coefficient (Wildman–Crippen LogP) is 1.28. The van der Waals surface area contributed by atoms with E-state index in [1.54, 1.807) is 0 Å². The van der Waals surface area contributed by atoms with Crippen molar-refractivity contribution in [1.82, 2.24) is 5.32 Å². The molecule has 0 fully saturated rings. The number of carbonyl (C=O) groups is 1. The van der Waals surface area contributed by atoms with Crippen LogP contribution in [-0.4, -0.2) is 29.7 Å². The van der Waals surface area contributed by atoms with Gasteiger partial charge in [0.05, 0.1) is 18.7 Å². The Bertz CT molecular complexity index is 572. The Labute approximate surface area is 131 Å². The molecule has 0 radical (unpaired) electrons. The number of rotatable bonds is 7. The summed E-state index contributed by atoms with van der Waals surface area (Å²) >= 11 is 0. The van der Waals surface area contributed by atoms with Crippen LogP contribution in [0.4, 0.5) is 0 Å². The molecule has 4 N–H and O–H groups in total. The monoisotopic (exact) mass is 298 g/mol. The predicted molar refractivity (Wildman–Crippen MR) is 87.3 cm³/mol. The third-order valence-corrected chi connectivity index (χ3v) is 3.53. The maximum absolute atomic E-state index is 12.2. The van der Waals surface area contributed by atoms with Crippen LogP contribution in [0.15, 0.2) is 60.7 Å². The summed E-state index contributed by atoms with van der Waals surface area (Å²) in [5.41, 5.74) is 8.04. The molecule has 4 heteroatoms. The lowest BCUT2D eigenvalue weighted by Gasteiger charge is -2.19. The van der Waals surface area contributed by atoms with Crippen molar-refractivity contribution in [3.05, 3.63) is 71.8 Å². The highest BCUT2D eigenvalue weighted by atomic mass is 16.3.